The molecular formula is C36H45FN6O9. The van der Waals surface area contributed by atoms with E-state index in [0.717, 1.165) is 4.90 Å². The fourth-order valence-corrected chi connectivity index (χ4v) is 6.16. The van der Waals surface area contributed by atoms with Crippen LogP contribution in [0.2, 0.25) is 0 Å². The maximum Gasteiger partial charge on any atom is 0.413 e. The van der Waals surface area contributed by atoms with Gasteiger partial charge in [-0.3, -0.25) is 15.5 Å². The highest BCUT2D eigenvalue weighted by Crippen LogP contribution is 2.42. The van der Waals surface area contributed by atoms with E-state index in [1.165, 1.54) is 24.5 Å². The molecule has 52 heavy (non-hydrogen) atoms. The first-order valence-corrected chi connectivity index (χ1v) is 16.8. The standard InChI is InChI=1S/C36H45FN6O9/c1-19-22(16-39-29-28(19)43(32(46)47)12-13-49-29)21-14-20-15-25(38-17-23(20)27(26(21)37)41-31(45)51-34(2,3)4)40-30(44)50-24-10-11-42(18-36(24,8)9)33(48)52-35(5,6)7/h14-17,24H,10-13,18H2,1-9H3,(H,41,45)(H,46,47)(H,38,40,44). The van der Waals surface area contributed by atoms with Gasteiger partial charge >= 0.3 is 24.4 Å². The number of halogens is 1. The van der Waals surface area contributed by atoms with Crippen LogP contribution in [0.3, 0.4) is 0 Å². The molecule has 15 nitrogen and oxygen atoms in total. The number of rotatable bonds is 4. The number of nitrogens with one attached hydrogen (secondary N) is 2. The molecule has 4 amide bonds. The highest BCUT2D eigenvalue weighted by Gasteiger charge is 2.41. The van der Waals surface area contributed by atoms with E-state index < -0.39 is 52.9 Å². The molecule has 2 aliphatic rings. The summed E-state index contributed by atoms with van der Waals surface area (Å²) in [4.78, 5) is 62.1. The predicted octanol–water partition coefficient (Wildman–Crippen LogP) is 7.55. The quantitative estimate of drug-likeness (QED) is 0.226. The van der Waals surface area contributed by atoms with Gasteiger partial charge in [-0.05, 0) is 71.5 Å². The maximum absolute atomic E-state index is 16.5. The summed E-state index contributed by atoms with van der Waals surface area (Å²) in [5, 5.41) is 15.5. The molecular weight excluding hydrogens is 679 g/mol. The van der Waals surface area contributed by atoms with Crippen molar-refractivity contribution in [2.45, 2.75) is 86.0 Å². The van der Waals surface area contributed by atoms with Crippen molar-refractivity contribution in [2.24, 2.45) is 5.41 Å². The lowest BCUT2D eigenvalue weighted by atomic mass is 9.81. The van der Waals surface area contributed by atoms with Crippen molar-refractivity contribution in [1.82, 2.24) is 14.9 Å². The Morgan fingerprint density at radius 3 is 2.29 bits per heavy atom. The Morgan fingerprint density at radius 1 is 0.962 bits per heavy atom. The van der Waals surface area contributed by atoms with Gasteiger partial charge in [0.1, 0.15) is 35.4 Å². The molecule has 0 saturated carbocycles. The number of hydrogen-bond acceptors (Lipinski definition) is 10. The molecule has 2 aromatic heterocycles. The van der Waals surface area contributed by atoms with Crippen molar-refractivity contribution in [3.05, 3.63) is 35.9 Å². The zero-order chi connectivity index (χ0) is 38.3. The summed E-state index contributed by atoms with van der Waals surface area (Å²) in [6.07, 6.45) is -0.842. The van der Waals surface area contributed by atoms with E-state index in [0.29, 0.717) is 30.5 Å². The third-order valence-electron chi connectivity index (χ3n) is 8.47. The number of ether oxygens (including phenoxy) is 4. The monoisotopic (exact) mass is 724 g/mol. The lowest BCUT2D eigenvalue weighted by Gasteiger charge is -2.43. The number of benzene rings is 1. The molecule has 2 aliphatic heterocycles. The van der Waals surface area contributed by atoms with Gasteiger partial charge in [0.05, 0.1) is 12.2 Å². The topological polar surface area (TPSA) is 182 Å². The molecule has 1 saturated heterocycles. The smallest absolute Gasteiger partial charge is 0.413 e. The van der Waals surface area contributed by atoms with Crippen LogP contribution in [0.25, 0.3) is 21.9 Å². The summed E-state index contributed by atoms with van der Waals surface area (Å²) in [7, 11) is 0. The molecule has 1 fully saturated rings. The molecule has 0 radical (unpaired) electrons. The number of hydrogen-bond donors (Lipinski definition) is 3. The lowest BCUT2D eigenvalue weighted by molar-refractivity contribution is -0.0414. The summed E-state index contributed by atoms with van der Waals surface area (Å²) in [6, 6.07) is 2.98. The molecule has 1 unspecified atom stereocenters. The summed E-state index contributed by atoms with van der Waals surface area (Å²) in [6.45, 7) is 16.6. The van der Waals surface area contributed by atoms with Gasteiger partial charge in [0, 0.05) is 53.8 Å². The summed E-state index contributed by atoms with van der Waals surface area (Å²) in [5.74, 6) is -0.673. The Labute approximate surface area is 300 Å². The lowest BCUT2D eigenvalue weighted by Crippen LogP contribution is -2.53. The molecule has 5 rings (SSSR count). The largest absolute Gasteiger partial charge is 0.474 e. The third kappa shape index (κ3) is 8.37. The second-order valence-electron chi connectivity index (χ2n) is 15.5. The number of pyridine rings is 2. The van der Waals surface area contributed by atoms with Gasteiger partial charge in [-0.2, -0.15) is 0 Å². The van der Waals surface area contributed by atoms with Gasteiger partial charge in [-0.25, -0.2) is 33.5 Å². The minimum atomic E-state index is -1.22. The van der Waals surface area contributed by atoms with Crippen LogP contribution >= 0.6 is 0 Å². The van der Waals surface area contributed by atoms with Crippen molar-refractivity contribution in [3.8, 4) is 17.0 Å². The summed E-state index contributed by atoms with van der Waals surface area (Å²) >= 11 is 0. The normalized spacial score (nSPS) is 17.1. The van der Waals surface area contributed by atoms with E-state index in [4.69, 9.17) is 18.9 Å². The first kappa shape index (κ1) is 37.8. The molecule has 280 valence electrons. The van der Waals surface area contributed by atoms with E-state index in [1.807, 2.05) is 13.8 Å². The van der Waals surface area contributed by atoms with Crippen LogP contribution in [-0.2, 0) is 14.2 Å². The van der Waals surface area contributed by atoms with Crippen LogP contribution in [0.5, 0.6) is 5.88 Å². The fourth-order valence-electron chi connectivity index (χ4n) is 6.16. The summed E-state index contributed by atoms with van der Waals surface area (Å²) < 4.78 is 38.8. The zero-order valence-electron chi connectivity index (χ0n) is 30.8. The van der Waals surface area contributed by atoms with Crippen molar-refractivity contribution >= 4 is 52.3 Å². The van der Waals surface area contributed by atoms with Crippen molar-refractivity contribution in [2.75, 3.05) is 41.8 Å². The van der Waals surface area contributed by atoms with Crippen LogP contribution < -0.4 is 20.3 Å². The van der Waals surface area contributed by atoms with E-state index in [9.17, 15) is 24.3 Å². The Balaban J connectivity index is 1.46. The van der Waals surface area contributed by atoms with Crippen LogP contribution in [0.4, 0.5) is 40.8 Å². The minimum absolute atomic E-state index is 0.0134. The van der Waals surface area contributed by atoms with Crippen molar-refractivity contribution in [1.29, 1.82) is 0 Å². The number of nitrogens with zero attached hydrogens (tertiary/aromatic N) is 4. The molecule has 0 aliphatic carbocycles. The average Bonchev–Trinajstić information content (AvgIpc) is 3.01. The van der Waals surface area contributed by atoms with Crippen LogP contribution in [0, 0.1) is 18.2 Å². The molecule has 16 heteroatoms. The predicted molar refractivity (Wildman–Crippen MR) is 190 cm³/mol. The number of anilines is 3. The van der Waals surface area contributed by atoms with Crippen molar-refractivity contribution in [3.63, 3.8) is 0 Å². The average molecular weight is 725 g/mol. The van der Waals surface area contributed by atoms with Gasteiger partial charge < -0.3 is 29.0 Å². The molecule has 1 atom stereocenters. The minimum Gasteiger partial charge on any atom is -0.474 e. The second kappa shape index (κ2) is 14.0. The van der Waals surface area contributed by atoms with E-state index >= 15 is 4.39 Å². The molecule has 3 aromatic rings. The summed E-state index contributed by atoms with van der Waals surface area (Å²) in [5.41, 5.74) is -1.59. The Bertz CT molecular complexity index is 1920. The van der Waals surface area contributed by atoms with Gasteiger partial charge in [-0.15, -0.1) is 0 Å². The SMILES string of the molecule is Cc1c(-c2cc3cc(NC(=O)OC4CCN(C(=O)OC(C)(C)C)CC4(C)C)ncc3c(NC(=O)OC(C)(C)C)c2F)cnc2c1N(C(=O)O)CCO2. The van der Waals surface area contributed by atoms with Crippen LogP contribution in [0.15, 0.2) is 24.5 Å². The molecule has 0 bridgehead atoms. The van der Waals surface area contributed by atoms with Gasteiger partial charge in [0.25, 0.3) is 0 Å². The Morgan fingerprint density at radius 2 is 1.65 bits per heavy atom. The number of aromatic nitrogens is 2. The Kier molecular flexibility index (Phi) is 10.2. The Hall–Kier alpha value is -5.41. The van der Waals surface area contributed by atoms with Crippen LogP contribution in [0.1, 0.15) is 67.4 Å². The highest BCUT2D eigenvalue weighted by molar-refractivity contribution is 6.05. The number of carboxylic acid groups (broad SMARTS) is 1. The second-order valence-corrected chi connectivity index (χ2v) is 15.5. The van der Waals surface area contributed by atoms with Crippen molar-refractivity contribution < 1.29 is 47.6 Å². The van der Waals surface area contributed by atoms with Gasteiger partial charge in [0.15, 0.2) is 5.82 Å². The number of carbonyl (C=O) groups excluding carboxylic acids is 3. The number of fused-ring (bicyclic) bond motifs is 2. The molecule has 0 spiro atoms. The highest BCUT2D eigenvalue weighted by atomic mass is 19.1. The first-order chi connectivity index (χ1) is 24.1. The van der Waals surface area contributed by atoms with Crippen LogP contribution in [-0.4, -0.2) is 87.9 Å². The number of likely N-dealkylation sites (tertiary alicyclic amines) is 1. The number of carbonyl (C=O) groups is 4. The first-order valence-electron chi connectivity index (χ1n) is 16.8. The number of amides is 4. The molecule has 3 N–H and O–H groups in total. The fraction of sp³-hybridized carbons (Fsp3) is 0.500. The molecule has 4 heterocycles. The van der Waals surface area contributed by atoms with E-state index in [-0.39, 0.29) is 52.7 Å². The van der Waals surface area contributed by atoms with E-state index in [2.05, 4.69) is 20.6 Å². The van der Waals surface area contributed by atoms with Gasteiger partial charge in [0.2, 0.25) is 5.88 Å². The third-order valence-corrected chi connectivity index (χ3v) is 8.47. The van der Waals surface area contributed by atoms with E-state index in [1.54, 1.807) is 53.4 Å². The maximum atomic E-state index is 16.5. The zero-order valence-corrected chi connectivity index (χ0v) is 30.8. The van der Waals surface area contributed by atoms with Gasteiger partial charge in [-0.1, -0.05) is 13.8 Å². The number of piperidine rings is 1. The molecule has 1 aromatic carbocycles.